The Balaban J connectivity index is 1.95. The number of aryl methyl sites for hydroxylation is 1. The Kier molecular flexibility index (Phi) is 3.34. The molecule has 1 aromatic rings. The Morgan fingerprint density at radius 1 is 1.25 bits per heavy atom. The summed E-state index contributed by atoms with van der Waals surface area (Å²) in [5, 5.41) is 3.71. The zero-order chi connectivity index (χ0) is 11.6. The molecule has 2 rings (SSSR count). The third kappa shape index (κ3) is 2.85. The van der Waals surface area contributed by atoms with Crippen LogP contribution in [0.3, 0.4) is 0 Å². The molecule has 0 aromatic heterocycles. The minimum absolute atomic E-state index is 0.526. The van der Waals surface area contributed by atoms with Crippen LogP contribution in [0.4, 0.5) is 0 Å². The highest BCUT2D eigenvalue weighted by Crippen LogP contribution is 2.44. The van der Waals surface area contributed by atoms with Crippen LogP contribution >= 0.6 is 0 Å². The van der Waals surface area contributed by atoms with E-state index in [0.717, 1.165) is 0 Å². The largest absolute Gasteiger partial charge is 0.309 e. The quantitative estimate of drug-likeness (QED) is 0.790. The highest BCUT2D eigenvalue weighted by Gasteiger charge is 2.37. The van der Waals surface area contributed by atoms with Crippen LogP contribution in [0.15, 0.2) is 24.3 Å². The lowest BCUT2D eigenvalue weighted by Gasteiger charge is -2.20. The van der Waals surface area contributed by atoms with Gasteiger partial charge in [0.2, 0.25) is 0 Å². The van der Waals surface area contributed by atoms with Crippen molar-refractivity contribution < 1.29 is 0 Å². The van der Waals surface area contributed by atoms with Gasteiger partial charge in [0.15, 0.2) is 0 Å². The lowest BCUT2D eigenvalue weighted by molar-refractivity contribution is 0.433. The Morgan fingerprint density at radius 2 is 1.88 bits per heavy atom. The first kappa shape index (κ1) is 11.7. The normalized spacial score (nSPS) is 19.4. The molecule has 1 aliphatic carbocycles. The molecule has 1 N–H and O–H groups in total. The topological polar surface area (TPSA) is 12.0 Å². The van der Waals surface area contributed by atoms with Gasteiger partial charge in [-0.2, -0.15) is 0 Å². The van der Waals surface area contributed by atoms with Crippen LogP contribution in [-0.4, -0.2) is 6.54 Å². The molecular weight excluding hydrogens is 194 g/mol. The first-order valence-electron chi connectivity index (χ1n) is 6.43. The van der Waals surface area contributed by atoms with E-state index < -0.39 is 0 Å². The summed E-state index contributed by atoms with van der Waals surface area (Å²) in [6.07, 6.45) is 3.95. The minimum Gasteiger partial charge on any atom is -0.309 e. The maximum absolute atomic E-state index is 3.71. The summed E-state index contributed by atoms with van der Waals surface area (Å²) in [6, 6.07) is 9.45. The van der Waals surface area contributed by atoms with Crippen molar-refractivity contribution in [2.45, 2.75) is 46.1 Å². The molecule has 0 radical (unpaired) electrons. The van der Waals surface area contributed by atoms with Crippen LogP contribution in [0, 0.1) is 12.3 Å². The van der Waals surface area contributed by atoms with Crippen molar-refractivity contribution in [1.29, 1.82) is 0 Å². The molecule has 0 bridgehead atoms. The van der Waals surface area contributed by atoms with Crippen LogP contribution in [0.5, 0.6) is 0 Å². The molecule has 1 atom stereocenters. The fourth-order valence-corrected chi connectivity index (χ4v) is 2.06. The molecule has 0 aliphatic heterocycles. The highest BCUT2D eigenvalue weighted by atomic mass is 14.9. The van der Waals surface area contributed by atoms with Gasteiger partial charge in [0.05, 0.1) is 0 Å². The fraction of sp³-hybridized carbons (Fsp3) is 0.600. The Bertz CT molecular complexity index is 335. The Labute approximate surface area is 99.3 Å². The molecule has 88 valence electrons. The standard InChI is InChI=1S/C15H23N/c1-4-14(16-11-15(3)9-10-15)13-7-5-12(2)6-8-13/h5-8,14,16H,4,9-11H2,1-3H3. The number of rotatable bonds is 5. The summed E-state index contributed by atoms with van der Waals surface area (Å²) in [6.45, 7) is 7.94. The summed E-state index contributed by atoms with van der Waals surface area (Å²) < 4.78 is 0. The third-order valence-corrected chi connectivity index (χ3v) is 3.77. The Hall–Kier alpha value is -0.820. The van der Waals surface area contributed by atoms with E-state index in [1.807, 2.05) is 0 Å². The molecule has 1 nitrogen and oxygen atoms in total. The van der Waals surface area contributed by atoms with Crippen LogP contribution < -0.4 is 5.32 Å². The summed E-state index contributed by atoms with van der Waals surface area (Å²) in [4.78, 5) is 0. The molecule has 1 heteroatoms. The van der Waals surface area contributed by atoms with E-state index in [1.165, 1.54) is 36.9 Å². The van der Waals surface area contributed by atoms with Gasteiger partial charge in [-0.05, 0) is 37.2 Å². The average Bonchev–Trinajstić information content (AvgIpc) is 3.00. The van der Waals surface area contributed by atoms with Crippen molar-refractivity contribution >= 4 is 0 Å². The monoisotopic (exact) mass is 217 g/mol. The van der Waals surface area contributed by atoms with Crippen LogP contribution in [0.25, 0.3) is 0 Å². The molecule has 0 saturated heterocycles. The number of hydrogen-bond donors (Lipinski definition) is 1. The van der Waals surface area contributed by atoms with E-state index in [-0.39, 0.29) is 0 Å². The van der Waals surface area contributed by atoms with E-state index >= 15 is 0 Å². The van der Waals surface area contributed by atoms with Crippen molar-refractivity contribution in [2.24, 2.45) is 5.41 Å². The fourth-order valence-electron chi connectivity index (χ4n) is 2.06. The zero-order valence-electron chi connectivity index (χ0n) is 10.7. The molecule has 1 saturated carbocycles. The third-order valence-electron chi connectivity index (χ3n) is 3.77. The number of nitrogens with one attached hydrogen (secondary N) is 1. The maximum Gasteiger partial charge on any atom is 0.0317 e. The highest BCUT2D eigenvalue weighted by molar-refractivity contribution is 5.24. The molecule has 0 heterocycles. The molecule has 16 heavy (non-hydrogen) atoms. The van der Waals surface area contributed by atoms with Crippen LogP contribution in [0.2, 0.25) is 0 Å². The van der Waals surface area contributed by atoms with Crippen molar-refractivity contribution in [2.75, 3.05) is 6.54 Å². The van der Waals surface area contributed by atoms with Gasteiger partial charge in [0, 0.05) is 12.6 Å². The predicted molar refractivity (Wildman–Crippen MR) is 69.6 cm³/mol. The second-order valence-corrected chi connectivity index (χ2v) is 5.56. The molecule has 0 spiro atoms. The van der Waals surface area contributed by atoms with E-state index in [4.69, 9.17) is 0 Å². The van der Waals surface area contributed by atoms with Gasteiger partial charge in [0.1, 0.15) is 0 Å². The predicted octanol–water partition coefficient (Wildman–Crippen LogP) is 3.84. The van der Waals surface area contributed by atoms with Crippen molar-refractivity contribution in [3.8, 4) is 0 Å². The molecule has 1 aromatic carbocycles. The smallest absolute Gasteiger partial charge is 0.0317 e. The molecule has 1 fully saturated rings. The van der Waals surface area contributed by atoms with Gasteiger partial charge in [-0.3, -0.25) is 0 Å². The van der Waals surface area contributed by atoms with Crippen LogP contribution in [0.1, 0.15) is 50.3 Å². The summed E-state index contributed by atoms with van der Waals surface area (Å²) in [7, 11) is 0. The lowest BCUT2D eigenvalue weighted by Crippen LogP contribution is -2.26. The van der Waals surface area contributed by atoms with E-state index in [1.54, 1.807) is 0 Å². The van der Waals surface area contributed by atoms with Gasteiger partial charge in [-0.15, -0.1) is 0 Å². The first-order valence-corrected chi connectivity index (χ1v) is 6.43. The molecule has 0 amide bonds. The van der Waals surface area contributed by atoms with Crippen molar-refractivity contribution in [3.63, 3.8) is 0 Å². The van der Waals surface area contributed by atoms with Gasteiger partial charge < -0.3 is 5.32 Å². The first-order chi connectivity index (χ1) is 7.63. The van der Waals surface area contributed by atoms with Gasteiger partial charge in [-0.25, -0.2) is 0 Å². The second-order valence-electron chi connectivity index (χ2n) is 5.56. The van der Waals surface area contributed by atoms with Gasteiger partial charge in [0.25, 0.3) is 0 Å². The summed E-state index contributed by atoms with van der Waals surface area (Å²) >= 11 is 0. The lowest BCUT2D eigenvalue weighted by atomic mass is 10.0. The molecular formula is C15H23N. The zero-order valence-corrected chi connectivity index (χ0v) is 10.7. The van der Waals surface area contributed by atoms with Gasteiger partial charge in [-0.1, -0.05) is 43.7 Å². The second kappa shape index (κ2) is 4.58. The van der Waals surface area contributed by atoms with Crippen molar-refractivity contribution in [3.05, 3.63) is 35.4 Å². The van der Waals surface area contributed by atoms with E-state index in [9.17, 15) is 0 Å². The average molecular weight is 217 g/mol. The van der Waals surface area contributed by atoms with Crippen LogP contribution in [-0.2, 0) is 0 Å². The number of benzene rings is 1. The SMILES string of the molecule is CCC(NCC1(C)CC1)c1ccc(C)cc1. The Morgan fingerprint density at radius 3 is 2.38 bits per heavy atom. The van der Waals surface area contributed by atoms with Gasteiger partial charge >= 0.3 is 0 Å². The van der Waals surface area contributed by atoms with E-state index in [0.29, 0.717) is 11.5 Å². The molecule has 1 aliphatic rings. The molecule has 1 unspecified atom stereocenters. The van der Waals surface area contributed by atoms with Crippen molar-refractivity contribution in [1.82, 2.24) is 5.32 Å². The minimum atomic E-state index is 0.526. The summed E-state index contributed by atoms with van der Waals surface area (Å²) in [5.41, 5.74) is 3.36. The van der Waals surface area contributed by atoms with E-state index in [2.05, 4.69) is 50.4 Å². The number of hydrogen-bond acceptors (Lipinski definition) is 1. The summed E-state index contributed by atoms with van der Waals surface area (Å²) in [5.74, 6) is 0. The maximum atomic E-state index is 3.71.